The van der Waals surface area contributed by atoms with Crippen molar-refractivity contribution in [3.8, 4) is 0 Å². The maximum Gasteiger partial charge on any atom is 0.511 e. The summed E-state index contributed by atoms with van der Waals surface area (Å²) in [5.74, 6) is -0.599. The van der Waals surface area contributed by atoms with E-state index in [1.807, 2.05) is 0 Å². The highest BCUT2D eigenvalue weighted by atomic mass is 16.8. The first-order valence-corrected chi connectivity index (χ1v) is 5.65. The quantitative estimate of drug-likeness (QED) is 0.321. The lowest BCUT2D eigenvalue weighted by molar-refractivity contribution is -0.157. The summed E-state index contributed by atoms with van der Waals surface area (Å²) in [6.07, 6.45) is -4.54. The van der Waals surface area contributed by atoms with E-state index in [9.17, 15) is 9.59 Å². The molecule has 1 heterocycles. The fourth-order valence-electron chi connectivity index (χ4n) is 0.647. The first-order chi connectivity index (χ1) is 10.1. The number of carboxylic acid groups (broad SMARTS) is 2. The maximum atomic E-state index is 10.8. The summed E-state index contributed by atoms with van der Waals surface area (Å²) < 4.78 is 13.5. The first kappa shape index (κ1) is 21.9. The molecule has 0 aromatic rings. The number of rotatable bonds is 4. The van der Waals surface area contributed by atoms with Crippen LogP contribution in [0.25, 0.3) is 0 Å². The number of aliphatic hydroxyl groups is 3. The van der Waals surface area contributed by atoms with Crippen molar-refractivity contribution in [3.63, 3.8) is 0 Å². The SMILES string of the molecule is C=C(C)C(=O)OC1COC(=O)O1.O=C(O)O.OCC(O)CO. The van der Waals surface area contributed by atoms with E-state index >= 15 is 0 Å². The Morgan fingerprint density at radius 1 is 1.36 bits per heavy atom. The second-order valence-electron chi connectivity index (χ2n) is 3.60. The summed E-state index contributed by atoms with van der Waals surface area (Å²) in [6, 6.07) is 0. The van der Waals surface area contributed by atoms with Crippen LogP contribution in [0, 0.1) is 0 Å². The van der Waals surface area contributed by atoms with E-state index in [0.29, 0.717) is 0 Å². The van der Waals surface area contributed by atoms with Crippen molar-refractivity contribution in [1.29, 1.82) is 0 Å². The standard InChI is InChI=1S/C7H8O5.C3H8O3.CH2O3/c1-4(2)6(8)11-5-3-10-7(9)12-5;4-1-3(6)2-5;2-1(3)4/h5H,1,3H2,2H3;3-6H,1-2H2;(H2,2,3,4). The number of carbonyl (C=O) groups is 3. The average Bonchev–Trinajstić information content (AvgIpc) is 2.83. The highest BCUT2D eigenvalue weighted by Crippen LogP contribution is 2.08. The van der Waals surface area contributed by atoms with E-state index in [1.54, 1.807) is 0 Å². The van der Waals surface area contributed by atoms with Crippen LogP contribution in [0.4, 0.5) is 9.59 Å². The summed E-state index contributed by atoms with van der Waals surface area (Å²) in [4.78, 5) is 29.7. The number of aliphatic hydroxyl groups excluding tert-OH is 3. The van der Waals surface area contributed by atoms with Gasteiger partial charge in [-0.15, -0.1) is 0 Å². The van der Waals surface area contributed by atoms with Crippen LogP contribution in [0.5, 0.6) is 0 Å². The molecule has 1 fully saturated rings. The van der Waals surface area contributed by atoms with Crippen molar-refractivity contribution in [2.75, 3.05) is 19.8 Å². The van der Waals surface area contributed by atoms with Gasteiger partial charge in [0.1, 0.15) is 6.10 Å². The van der Waals surface area contributed by atoms with E-state index in [0.717, 1.165) is 0 Å². The van der Waals surface area contributed by atoms with Crippen molar-refractivity contribution in [2.24, 2.45) is 0 Å². The van der Waals surface area contributed by atoms with Gasteiger partial charge in [0.25, 0.3) is 6.29 Å². The lowest BCUT2D eigenvalue weighted by Gasteiger charge is -2.06. The van der Waals surface area contributed by atoms with Gasteiger partial charge < -0.3 is 39.7 Å². The van der Waals surface area contributed by atoms with Crippen LogP contribution in [0.15, 0.2) is 12.2 Å². The highest BCUT2D eigenvalue weighted by Gasteiger charge is 2.28. The van der Waals surface area contributed by atoms with E-state index in [2.05, 4.69) is 20.8 Å². The molecule has 5 N–H and O–H groups in total. The molecule has 1 rings (SSSR count). The molecule has 0 aromatic carbocycles. The van der Waals surface area contributed by atoms with Gasteiger partial charge in [0.05, 0.1) is 13.2 Å². The number of ether oxygens (including phenoxy) is 3. The molecule has 1 saturated heterocycles. The normalized spacial score (nSPS) is 15.3. The van der Waals surface area contributed by atoms with Crippen molar-refractivity contribution in [2.45, 2.75) is 19.3 Å². The van der Waals surface area contributed by atoms with Crippen LogP contribution < -0.4 is 0 Å². The molecular weight excluding hydrogens is 308 g/mol. The van der Waals surface area contributed by atoms with Crippen molar-refractivity contribution < 1.29 is 54.1 Å². The minimum Gasteiger partial charge on any atom is -0.450 e. The fraction of sp³-hybridized carbons (Fsp3) is 0.545. The molecule has 1 unspecified atom stereocenters. The van der Waals surface area contributed by atoms with Gasteiger partial charge in [-0.05, 0) is 6.92 Å². The Morgan fingerprint density at radius 3 is 2.05 bits per heavy atom. The van der Waals surface area contributed by atoms with Crippen LogP contribution in [0.3, 0.4) is 0 Å². The predicted octanol–water partition coefficient (Wildman–Crippen LogP) is -0.847. The Hall–Kier alpha value is -2.37. The molecule has 0 aromatic heterocycles. The molecule has 11 nitrogen and oxygen atoms in total. The number of esters is 1. The Morgan fingerprint density at radius 2 is 1.82 bits per heavy atom. The molecule has 0 amide bonds. The van der Waals surface area contributed by atoms with Gasteiger partial charge in [-0.25, -0.2) is 14.4 Å². The minimum absolute atomic E-state index is 0.0577. The Labute approximate surface area is 125 Å². The molecule has 1 aliphatic rings. The molecule has 1 aliphatic heterocycles. The Balaban J connectivity index is 0. The molecule has 0 spiro atoms. The minimum atomic E-state index is -1.83. The van der Waals surface area contributed by atoms with E-state index in [1.165, 1.54) is 6.92 Å². The third kappa shape index (κ3) is 14.0. The van der Waals surface area contributed by atoms with Crippen molar-refractivity contribution in [3.05, 3.63) is 12.2 Å². The number of carbonyl (C=O) groups excluding carboxylic acids is 2. The number of hydrogen-bond acceptors (Lipinski definition) is 9. The predicted molar refractivity (Wildman–Crippen MR) is 68.0 cm³/mol. The average molecular weight is 326 g/mol. The molecular formula is C11H18O11. The van der Waals surface area contributed by atoms with Gasteiger partial charge in [0, 0.05) is 5.57 Å². The second kappa shape index (κ2) is 12.4. The highest BCUT2D eigenvalue weighted by molar-refractivity contribution is 5.87. The zero-order valence-corrected chi connectivity index (χ0v) is 11.7. The lowest BCUT2D eigenvalue weighted by atomic mass is 10.4. The van der Waals surface area contributed by atoms with Gasteiger partial charge in [0.2, 0.25) is 0 Å². The topological polar surface area (TPSA) is 180 Å². The van der Waals surface area contributed by atoms with Gasteiger partial charge in [0.15, 0.2) is 6.61 Å². The van der Waals surface area contributed by atoms with Gasteiger partial charge in [-0.1, -0.05) is 6.58 Å². The summed E-state index contributed by atoms with van der Waals surface area (Å²) in [7, 11) is 0. The largest absolute Gasteiger partial charge is 0.511 e. The molecule has 22 heavy (non-hydrogen) atoms. The Bertz CT molecular complexity index is 370. The summed E-state index contributed by atoms with van der Waals surface area (Å²) in [6.45, 7) is 4.07. The van der Waals surface area contributed by atoms with Gasteiger partial charge >= 0.3 is 18.3 Å². The fourth-order valence-corrected chi connectivity index (χ4v) is 0.647. The van der Waals surface area contributed by atoms with Crippen LogP contribution in [0.2, 0.25) is 0 Å². The van der Waals surface area contributed by atoms with Crippen molar-refractivity contribution in [1.82, 2.24) is 0 Å². The van der Waals surface area contributed by atoms with Gasteiger partial charge in [-0.3, -0.25) is 0 Å². The zero-order chi connectivity index (χ0) is 17.7. The van der Waals surface area contributed by atoms with E-state index in [4.69, 9.17) is 30.3 Å². The van der Waals surface area contributed by atoms with Crippen LogP contribution in [0.1, 0.15) is 6.92 Å². The molecule has 0 radical (unpaired) electrons. The van der Waals surface area contributed by atoms with Crippen LogP contribution >= 0.6 is 0 Å². The third-order valence-electron chi connectivity index (χ3n) is 1.57. The molecule has 0 saturated carbocycles. The third-order valence-corrected chi connectivity index (χ3v) is 1.57. The molecule has 0 bridgehead atoms. The Kier molecular flexibility index (Phi) is 12.3. The maximum absolute atomic E-state index is 10.8. The molecule has 0 aliphatic carbocycles. The van der Waals surface area contributed by atoms with E-state index in [-0.39, 0.29) is 25.4 Å². The van der Waals surface area contributed by atoms with E-state index < -0.39 is 30.7 Å². The number of cyclic esters (lactones) is 2. The van der Waals surface area contributed by atoms with Gasteiger partial charge in [-0.2, -0.15) is 0 Å². The summed E-state index contributed by atoms with van der Waals surface area (Å²) in [5, 5.41) is 38.0. The zero-order valence-electron chi connectivity index (χ0n) is 11.7. The summed E-state index contributed by atoms with van der Waals surface area (Å²) >= 11 is 0. The lowest BCUT2D eigenvalue weighted by Crippen LogP contribution is -2.20. The van der Waals surface area contributed by atoms with Crippen LogP contribution in [-0.4, -0.2) is 76.0 Å². The second-order valence-corrected chi connectivity index (χ2v) is 3.60. The molecule has 11 heteroatoms. The summed E-state index contributed by atoms with van der Waals surface area (Å²) in [5.41, 5.74) is 0.248. The first-order valence-electron chi connectivity index (χ1n) is 5.65. The molecule has 1 atom stereocenters. The smallest absolute Gasteiger partial charge is 0.450 e. The monoisotopic (exact) mass is 326 g/mol. The van der Waals surface area contributed by atoms with Crippen LogP contribution in [-0.2, 0) is 19.0 Å². The number of hydrogen-bond donors (Lipinski definition) is 5. The molecule has 128 valence electrons. The van der Waals surface area contributed by atoms with Crippen molar-refractivity contribution >= 4 is 18.3 Å².